The standard InChI is InChI=1S/C27H33F4N7OS2/c1-17(10-32-24-33-12-19(13-34-24)40-23(28)29)11-35-25-36-20-4-3-18(9-21(20)41-25)22(39)38-7-5-27(6-8-38)15-37(16-27)14-26(2,30)31/h3-4,9,12-13,17,23H,5-8,10-11,14-16H2,1-2H3,(H,35,36)(H,32,33,34)/t17-/m0/s1. The maximum atomic E-state index is 13.3. The largest absolute Gasteiger partial charge is 0.361 e. The number of likely N-dealkylation sites (tertiary alicyclic amines) is 2. The Bertz CT molecular complexity index is 1340. The molecule has 2 fully saturated rings. The first-order chi connectivity index (χ1) is 19.5. The maximum Gasteiger partial charge on any atom is 0.289 e. The van der Waals surface area contributed by atoms with Crippen molar-refractivity contribution in [1.29, 1.82) is 0 Å². The average molecular weight is 612 g/mol. The van der Waals surface area contributed by atoms with Crippen molar-refractivity contribution in [3.05, 3.63) is 36.2 Å². The molecule has 2 aliphatic rings. The molecule has 5 rings (SSSR count). The SMILES string of the molecule is C[C@@H](CNc1ncc(SC(F)F)cn1)CNc1nc2ccc(C(=O)N3CCC4(CC3)CN(CC(C)(F)F)C4)cc2s1. The van der Waals surface area contributed by atoms with E-state index in [0.29, 0.717) is 67.4 Å². The van der Waals surface area contributed by atoms with Crippen molar-refractivity contribution in [1.82, 2.24) is 24.8 Å². The van der Waals surface area contributed by atoms with Gasteiger partial charge >= 0.3 is 0 Å². The highest BCUT2D eigenvalue weighted by Gasteiger charge is 2.47. The number of thioether (sulfide) groups is 1. The van der Waals surface area contributed by atoms with Crippen LogP contribution in [0.25, 0.3) is 10.2 Å². The van der Waals surface area contributed by atoms with E-state index in [1.54, 1.807) is 0 Å². The fraction of sp³-hybridized carbons (Fsp3) is 0.556. The Hall–Kier alpha value is -2.71. The van der Waals surface area contributed by atoms with E-state index >= 15 is 0 Å². The summed E-state index contributed by atoms with van der Waals surface area (Å²) in [4.78, 5) is 30.0. The van der Waals surface area contributed by atoms with Crippen molar-refractivity contribution < 1.29 is 22.4 Å². The van der Waals surface area contributed by atoms with Crippen LogP contribution in [0.4, 0.5) is 28.6 Å². The minimum atomic E-state index is -2.68. The Labute approximate surface area is 244 Å². The van der Waals surface area contributed by atoms with Gasteiger partial charge in [0.15, 0.2) is 5.13 Å². The van der Waals surface area contributed by atoms with E-state index in [4.69, 9.17) is 0 Å². The molecule has 0 unspecified atom stereocenters. The number of benzene rings is 1. The van der Waals surface area contributed by atoms with E-state index < -0.39 is 11.7 Å². The van der Waals surface area contributed by atoms with Crippen LogP contribution in [0.2, 0.25) is 0 Å². The number of halogens is 4. The lowest BCUT2D eigenvalue weighted by atomic mass is 9.72. The highest BCUT2D eigenvalue weighted by atomic mass is 32.2. The zero-order valence-corrected chi connectivity index (χ0v) is 24.5. The maximum absolute atomic E-state index is 13.3. The predicted octanol–water partition coefficient (Wildman–Crippen LogP) is 5.75. The topological polar surface area (TPSA) is 86.3 Å². The van der Waals surface area contributed by atoms with Crippen LogP contribution in [0.1, 0.15) is 37.0 Å². The van der Waals surface area contributed by atoms with Crippen LogP contribution in [-0.2, 0) is 0 Å². The van der Waals surface area contributed by atoms with Crippen molar-refractivity contribution >= 4 is 50.3 Å². The third-order valence-corrected chi connectivity index (χ3v) is 9.07. The van der Waals surface area contributed by atoms with Gasteiger partial charge in [-0.2, -0.15) is 8.78 Å². The first-order valence-electron chi connectivity index (χ1n) is 13.5. The number of aromatic nitrogens is 3. The molecule has 0 aliphatic carbocycles. The average Bonchev–Trinajstić information content (AvgIpc) is 3.32. The van der Waals surface area contributed by atoms with Crippen molar-refractivity contribution in [3.8, 4) is 0 Å². The van der Waals surface area contributed by atoms with Crippen LogP contribution < -0.4 is 10.6 Å². The number of nitrogens with one attached hydrogen (secondary N) is 2. The lowest BCUT2D eigenvalue weighted by molar-refractivity contribution is -0.0955. The van der Waals surface area contributed by atoms with Crippen molar-refractivity contribution in [2.45, 2.75) is 43.3 Å². The lowest BCUT2D eigenvalue weighted by Crippen LogP contribution is -2.62. The van der Waals surface area contributed by atoms with Gasteiger partial charge in [-0.25, -0.2) is 23.7 Å². The molecule has 0 radical (unpaired) electrons. The molecule has 41 heavy (non-hydrogen) atoms. The van der Waals surface area contributed by atoms with Gasteiger partial charge in [0.25, 0.3) is 17.6 Å². The Morgan fingerprint density at radius 3 is 2.49 bits per heavy atom. The molecule has 222 valence electrons. The van der Waals surface area contributed by atoms with Gasteiger partial charge in [-0.05, 0) is 42.4 Å². The summed E-state index contributed by atoms with van der Waals surface area (Å²) in [5.74, 6) is -4.62. The summed E-state index contributed by atoms with van der Waals surface area (Å²) in [5.41, 5.74) is 1.50. The van der Waals surface area contributed by atoms with Crippen LogP contribution >= 0.6 is 23.1 Å². The number of anilines is 2. The molecule has 0 bridgehead atoms. The molecule has 2 saturated heterocycles. The summed E-state index contributed by atoms with van der Waals surface area (Å²) in [6.07, 6.45) is 4.42. The molecule has 8 nitrogen and oxygen atoms in total. The van der Waals surface area contributed by atoms with Gasteiger partial charge < -0.3 is 15.5 Å². The number of thiazole rings is 1. The van der Waals surface area contributed by atoms with Crippen molar-refractivity contribution in [2.75, 3.05) is 56.4 Å². The minimum Gasteiger partial charge on any atom is -0.361 e. The van der Waals surface area contributed by atoms with Crippen LogP contribution in [0, 0.1) is 11.3 Å². The summed E-state index contributed by atoms with van der Waals surface area (Å²) in [6, 6.07) is 5.56. The highest BCUT2D eigenvalue weighted by Crippen LogP contribution is 2.41. The fourth-order valence-electron chi connectivity index (χ4n) is 5.39. The predicted molar refractivity (Wildman–Crippen MR) is 154 cm³/mol. The number of amides is 1. The third kappa shape index (κ3) is 7.77. The van der Waals surface area contributed by atoms with Gasteiger partial charge in [-0.1, -0.05) is 30.0 Å². The highest BCUT2D eigenvalue weighted by molar-refractivity contribution is 7.99. The molecule has 0 saturated carbocycles. The van der Waals surface area contributed by atoms with E-state index in [9.17, 15) is 22.4 Å². The molecule has 4 heterocycles. The van der Waals surface area contributed by atoms with Crippen LogP contribution in [0.3, 0.4) is 0 Å². The molecule has 1 aromatic carbocycles. The Morgan fingerprint density at radius 1 is 1.15 bits per heavy atom. The summed E-state index contributed by atoms with van der Waals surface area (Å²) >= 11 is 1.90. The summed E-state index contributed by atoms with van der Waals surface area (Å²) in [5, 5.41) is 7.22. The second kappa shape index (κ2) is 12.3. The van der Waals surface area contributed by atoms with Crippen LogP contribution in [-0.4, -0.2) is 88.2 Å². The quantitative estimate of drug-likeness (QED) is 0.209. The van der Waals surface area contributed by atoms with Crippen LogP contribution in [0.5, 0.6) is 0 Å². The van der Waals surface area contributed by atoms with E-state index in [2.05, 4.69) is 25.6 Å². The minimum absolute atomic E-state index is 0.0105. The number of hydrogen-bond donors (Lipinski definition) is 2. The number of piperidine rings is 1. The third-order valence-electron chi connectivity index (χ3n) is 7.43. The molecule has 2 aliphatic heterocycles. The smallest absolute Gasteiger partial charge is 0.289 e. The molecular weight excluding hydrogens is 578 g/mol. The monoisotopic (exact) mass is 611 g/mol. The number of alkyl halides is 4. The molecule has 1 amide bonds. The molecule has 2 aromatic heterocycles. The second-order valence-electron chi connectivity index (χ2n) is 11.2. The first-order valence-corrected chi connectivity index (χ1v) is 15.2. The molecule has 1 spiro atoms. The van der Waals surface area contributed by atoms with Gasteiger partial charge in [0.2, 0.25) is 5.95 Å². The number of fused-ring (bicyclic) bond motifs is 1. The summed E-state index contributed by atoms with van der Waals surface area (Å²) < 4.78 is 52.4. The number of nitrogens with zero attached hydrogens (tertiary/aromatic N) is 5. The fourth-order valence-corrected chi connectivity index (χ4v) is 6.74. The number of hydrogen-bond acceptors (Lipinski definition) is 9. The van der Waals surface area contributed by atoms with Gasteiger partial charge in [0, 0.05) is 69.0 Å². The zero-order chi connectivity index (χ0) is 29.2. The Kier molecular flexibility index (Phi) is 8.90. The van der Waals surface area contributed by atoms with Gasteiger partial charge in [0.05, 0.1) is 16.8 Å². The number of carbonyl (C=O) groups excluding carboxylic acids is 1. The van der Waals surface area contributed by atoms with E-state index in [-0.39, 0.29) is 23.8 Å². The van der Waals surface area contributed by atoms with E-state index in [1.165, 1.54) is 23.7 Å². The van der Waals surface area contributed by atoms with Gasteiger partial charge in [-0.3, -0.25) is 9.69 Å². The van der Waals surface area contributed by atoms with Gasteiger partial charge in [0.1, 0.15) is 0 Å². The zero-order valence-electron chi connectivity index (χ0n) is 22.9. The summed E-state index contributed by atoms with van der Waals surface area (Å²) in [6.45, 7) is 6.66. The van der Waals surface area contributed by atoms with Gasteiger partial charge in [-0.15, -0.1) is 0 Å². The molecule has 2 N–H and O–H groups in total. The number of carbonyl (C=O) groups is 1. The van der Waals surface area contributed by atoms with E-state index in [1.807, 2.05) is 34.9 Å². The normalized spacial score (nSPS) is 18.1. The second-order valence-corrected chi connectivity index (χ2v) is 13.3. The van der Waals surface area contributed by atoms with Crippen LogP contribution in [0.15, 0.2) is 35.5 Å². The molecule has 1 atom stereocenters. The van der Waals surface area contributed by atoms with Crippen molar-refractivity contribution in [2.24, 2.45) is 11.3 Å². The van der Waals surface area contributed by atoms with E-state index in [0.717, 1.165) is 35.1 Å². The molecule has 14 heteroatoms. The lowest BCUT2D eigenvalue weighted by Gasteiger charge is -2.54. The number of rotatable bonds is 11. The summed E-state index contributed by atoms with van der Waals surface area (Å²) in [7, 11) is 0. The molecule has 3 aromatic rings. The first kappa shape index (κ1) is 29.8. The molecular formula is C27H33F4N7OS2. The van der Waals surface area contributed by atoms with Crippen molar-refractivity contribution in [3.63, 3.8) is 0 Å². The Balaban J connectivity index is 1.08. The Morgan fingerprint density at radius 2 is 1.83 bits per heavy atom.